The number of fused-ring (bicyclic) bond motifs is 1. The van der Waals surface area contributed by atoms with E-state index in [1.165, 1.54) is 25.7 Å². The van der Waals surface area contributed by atoms with Gasteiger partial charge in [0, 0.05) is 29.2 Å². The number of hydrogen-bond donors (Lipinski definition) is 3. The summed E-state index contributed by atoms with van der Waals surface area (Å²) in [7, 11) is 0. The van der Waals surface area contributed by atoms with Crippen LogP contribution in [0.3, 0.4) is 0 Å². The first-order valence-corrected chi connectivity index (χ1v) is 9.23. The zero-order valence-corrected chi connectivity index (χ0v) is 15.0. The molecule has 2 rings (SSSR count). The first-order valence-electron chi connectivity index (χ1n) is 9.23. The molecule has 4 heteroatoms. The van der Waals surface area contributed by atoms with E-state index in [9.17, 15) is 10.2 Å². The van der Waals surface area contributed by atoms with Crippen LogP contribution in [0.25, 0.3) is 10.8 Å². The molecule has 3 N–H and O–H groups in total. The Morgan fingerprint density at radius 2 is 1.40 bits per heavy atom. The minimum atomic E-state index is 0.131. The minimum absolute atomic E-state index is 0.131. The monoisotopic (exact) mass is 343 g/mol. The lowest BCUT2D eigenvalue weighted by molar-refractivity contribution is 0.282. The van der Waals surface area contributed by atoms with Gasteiger partial charge in [-0.3, -0.25) is 4.99 Å². The van der Waals surface area contributed by atoms with Crippen LogP contribution in [0.15, 0.2) is 29.3 Å². The summed E-state index contributed by atoms with van der Waals surface area (Å²) in [4.78, 5) is 4.41. The molecule has 0 aliphatic rings. The molecule has 0 saturated carbocycles. The van der Waals surface area contributed by atoms with E-state index in [1.807, 2.05) is 18.3 Å². The molecule has 0 radical (unpaired) electrons. The van der Waals surface area contributed by atoms with Gasteiger partial charge in [0.1, 0.15) is 17.2 Å². The lowest BCUT2D eigenvalue weighted by Gasteiger charge is -2.10. The third kappa shape index (κ3) is 5.20. The maximum atomic E-state index is 10.5. The third-order valence-electron chi connectivity index (χ3n) is 4.58. The molecule has 0 bridgehead atoms. The Labute approximate surface area is 149 Å². The van der Waals surface area contributed by atoms with Crippen molar-refractivity contribution in [3.63, 3.8) is 0 Å². The number of phenols is 2. The summed E-state index contributed by atoms with van der Waals surface area (Å²) >= 11 is 0. The van der Waals surface area contributed by atoms with Crippen molar-refractivity contribution in [1.29, 1.82) is 0 Å². The molecule has 0 atom stereocenters. The normalized spacial score (nSPS) is 11.6. The van der Waals surface area contributed by atoms with Gasteiger partial charge in [0.15, 0.2) is 0 Å². The van der Waals surface area contributed by atoms with Crippen molar-refractivity contribution in [2.75, 3.05) is 6.61 Å². The van der Waals surface area contributed by atoms with Crippen LogP contribution in [0, 0.1) is 6.92 Å². The van der Waals surface area contributed by atoms with Crippen molar-refractivity contribution >= 4 is 22.7 Å². The molecule has 4 nitrogen and oxygen atoms in total. The molecule has 0 unspecified atom stereocenters. The Balaban J connectivity index is 1.87. The number of hydrogen-bond acceptors (Lipinski definition) is 4. The maximum Gasteiger partial charge on any atom is 0.149 e. The molecule has 0 amide bonds. The molecule has 0 aliphatic heterocycles. The van der Waals surface area contributed by atoms with E-state index in [0.717, 1.165) is 25.7 Å². The minimum Gasteiger partial charge on any atom is -0.507 e. The predicted octanol–water partition coefficient (Wildman–Crippen LogP) is 5.37. The van der Waals surface area contributed by atoms with Gasteiger partial charge < -0.3 is 15.3 Å². The van der Waals surface area contributed by atoms with Gasteiger partial charge in [-0.05, 0) is 26.2 Å². The average Bonchev–Trinajstić information content (AvgIpc) is 2.64. The fourth-order valence-electron chi connectivity index (χ4n) is 3.06. The van der Waals surface area contributed by atoms with Crippen molar-refractivity contribution in [1.82, 2.24) is 0 Å². The van der Waals surface area contributed by atoms with E-state index >= 15 is 0 Å². The molecule has 25 heavy (non-hydrogen) atoms. The summed E-state index contributed by atoms with van der Waals surface area (Å²) in [5, 5.41) is 30.8. The zero-order valence-electron chi connectivity index (χ0n) is 15.0. The molecule has 136 valence electrons. The third-order valence-corrected chi connectivity index (χ3v) is 4.58. The second-order valence-corrected chi connectivity index (χ2v) is 6.52. The molecular formula is C21H29NO3. The SMILES string of the molecule is Cc1c(N=CCCCCCCCCCO)c(O)c2ccccc2c1O. The average molecular weight is 343 g/mol. The van der Waals surface area contributed by atoms with Gasteiger partial charge in [-0.15, -0.1) is 0 Å². The molecule has 0 heterocycles. The maximum absolute atomic E-state index is 10.5. The van der Waals surface area contributed by atoms with Gasteiger partial charge in [-0.2, -0.15) is 0 Å². The number of rotatable bonds is 10. The van der Waals surface area contributed by atoms with Crippen LogP contribution >= 0.6 is 0 Å². The van der Waals surface area contributed by atoms with E-state index in [2.05, 4.69) is 4.99 Å². The summed E-state index contributed by atoms with van der Waals surface area (Å²) in [5.41, 5.74) is 1.07. The summed E-state index contributed by atoms with van der Waals surface area (Å²) in [6.45, 7) is 2.08. The van der Waals surface area contributed by atoms with Crippen LogP contribution in [0.2, 0.25) is 0 Å². The number of aliphatic imine (C=N–C) groups is 1. The molecule has 0 aromatic heterocycles. The van der Waals surface area contributed by atoms with Gasteiger partial charge in [-0.1, -0.05) is 56.4 Å². The van der Waals surface area contributed by atoms with Crippen molar-refractivity contribution in [3.8, 4) is 11.5 Å². The molecule has 0 saturated heterocycles. The van der Waals surface area contributed by atoms with E-state index < -0.39 is 0 Å². The van der Waals surface area contributed by atoms with Gasteiger partial charge >= 0.3 is 0 Å². The van der Waals surface area contributed by atoms with E-state index in [1.54, 1.807) is 19.1 Å². The quantitative estimate of drug-likeness (QED) is 0.308. The van der Waals surface area contributed by atoms with Crippen LogP contribution in [0.5, 0.6) is 11.5 Å². The molecule has 0 spiro atoms. The lowest BCUT2D eigenvalue weighted by Crippen LogP contribution is -1.86. The highest BCUT2D eigenvalue weighted by Gasteiger charge is 2.14. The largest absolute Gasteiger partial charge is 0.507 e. The molecule has 0 aliphatic carbocycles. The fourth-order valence-corrected chi connectivity index (χ4v) is 3.06. The number of nitrogens with zero attached hydrogens (tertiary/aromatic N) is 1. The summed E-state index contributed by atoms with van der Waals surface area (Å²) < 4.78 is 0. The second kappa shape index (κ2) is 10.0. The Kier molecular flexibility index (Phi) is 7.74. The lowest BCUT2D eigenvalue weighted by atomic mass is 10.0. The Bertz CT molecular complexity index is 710. The highest BCUT2D eigenvalue weighted by molar-refractivity contribution is 5.99. The fraction of sp³-hybridized carbons (Fsp3) is 0.476. The van der Waals surface area contributed by atoms with Crippen LogP contribution in [0.4, 0.5) is 5.69 Å². The van der Waals surface area contributed by atoms with Crippen molar-refractivity contribution < 1.29 is 15.3 Å². The Morgan fingerprint density at radius 1 is 0.840 bits per heavy atom. The topological polar surface area (TPSA) is 73.1 Å². The van der Waals surface area contributed by atoms with E-state index in [0.29, 0.717) is 28.6 Å². The zero-order chi connectivity index (χ0) is 18.1. The first-order chi connectivity index (χ1) is 12.2. The number of unbranched alkanes of at least 4 members (excludes halogenated alkanes) is 7. The van der Waals surface area contributed by atoms with Crippen LogP contribution in [-0.4, -0.2) is 28.1 Å². The van der Waals surface area contributed by atoms with Crippen molar-refractivity contribution in [2.24, 2.45) is 4.99 Å². The van der Waals surface area contributed by atoms with Gasteiger partial charge in [0.05, 0.1) is 0 Å². The van der Waals surface area contributed by atoms with Crippen LogP contribution < -0.4 is 0 Å². The molecular weight excluding hydrogens is 314 g/mol. The highest BCUT2D eigenvalue weighted by atomic mass is 16.3. The summed E-state index contributed by atoms with van der Waals surface area (Å²) in [6, 6.07) is 7.27. The highest BCUT2D eigenvalue weighted by Crippen LogP contribution is 2.43. The Hall–Kier alpha value is -2.07. The number of benzene rings is 2. The summed E-state index contributed by atoms with van der Waals surface area (Å²) in [5.74, 6) is 0.314. The van der Waals surface area contributed by atoms with Crippen LogP contribution in [0.1, 0.15) is 56.9 Å². The van der Waals surface area contributed by atoms with E-state index in [-0.39, 0.29) is 11.5 Å². The second-order valence-electron chi connectivity index (χ2n) is 6.52. The molecule has 0 fully saturated rings. The molecule has 2 aromatic carbocycles. The number of phenolic OH excluding ortho intramolecular Hbond substituents is 2. The number of aliphatic hydroxyl groups is 1. The standard InChI is InChI=1S/C21H29NO3/c1-16-19(21(25)18-13-9-8-12-17(18)20(16)24)22-14-10-6-4-2-3-5-7-11-15-23/h8-9,12-14,23-25H,2-7,10-11,15H2,1H3. The van der Waals surface area contributed by atoms with Crippen molar-refractivity contribution in [2.45, 2.75) is 58.3 Å². The van der Waals surface area contributed by atoms with E-state index in [4.69, 9.17) is 5.11 Å². The Morgan fingerprint density at radius 3 is 2.04 bits per heavy atom. The number of aliphatic hydroxyl groups excluding tert-OH is 1. The van der Waals surface area contributed by atoms with Crippen molar-refractivity contribution in [3.05, 3.63) is 29.8 Å². The van der Waals surface area contributed by atoms with Gasteiger partial charge in [-0.25, -0.2) is 0 Å². The van der Waals surface area contributed by atoms with Crippen LogP contribution in [-0.2, 0) is 0 Å². The smallest absolute Gasteiger partial charge is 0.149 e. The van der Waals surface area contributed by atoms with Gasteiger partial charge in [0.25, 0.3) is 0 Å². The number of aromatic hydroxyl groups is 2. The van der Waals surface area contributed by atoms with Gasteiger partial charge in [0.2, 0.25) is 0 Å². The molecule has 2 aromatic rings. The summed E-state index contributed by atoms with van der Waals surface area (Å²) in [6.07, 6.45) is 10.6. The first kappa shape index (κ1) is 19.3. The predicted molar refractivity (Wildman–Crippen MR) is 104 cm³/mol.